The molecule has 1 atom stereocenters. The van der Waals surface area contributed by atoms with E-state index in [4.69, 9.17) is 26.3 Å². The number of nitrogens with one attached hydrogen (secondary N) is 1. The van der Waals surface area contributed by atoms with Crippen LogP contribution >= 0.6 is 11.6 Å². The number of methoxy groups -OCH3 is 2. The lowest BCUT2D eigenvalue weighted by molar-refractivity contribution is 0.190. The summed E-state index contributed by atoms with van der Waals surface area (Å²) in [6.07, 6.45) is -0.801. The maximum Gasteiger partial charge on any atom is 0.122 e. The van der Waals surface area contributed by atoms with Gasteiger partial charge < -0.3 is 19.9 Å². The Morgan fingerprint density at radius 1 is 1.17 bits per heavy atom. The average Bonchev–Trinajstić information content (AvgIpc) is 2.59. The van der Waals surface area contributed by atoms with Crippen LogP contribution < -0.4 is 14.8 Å². The molecule has 2 N–H and O–H groups in total. The quantitative estimate of drug-likeness (QED) is 0.848. The van der Waals surface area contributed by atoms with E-state index in [0.717, 1.165) is 0 Å². The molecule has 0 aliphatic carbocycles. The maximum atomic E-state index is 10.4. The summed E-state index contributed by atoms with van der Waals surface area (Å²) in [5, 5.41) is 23.0. The number of aliphatic hydroxyl groups excluding tert-OH is 1. The summed E-state index contributed by atoms with van der Waals surface area (Å²) in [6.45, 7) is 0.214. The Balaban J connectivity index is 2.15. The summed E-state index contributed by atoms with van der Waals surface area (Å²) in [4.78, 5) is 0. The van der Waals surface area contributed by atoms with Gasteiger partial charge in [0.2, 0.25) is 0 Å². The predicted octanol–water partition coefficient (Wildman–Crippen LogP) is 3.37. The Morgan fingerprint density at radius 2 is 1.83 bits per heavy atom. The minimum absolute atomic E-state index is 0.214. The highest BCUT2D eigenvalue weighted by Crippen LogP contribution is 2.27. The van der Waals surface area contributed by atoms with Crippen LogP contribution in [0.3, 0.4) is 0 Å². The molecule has 2 aromatic carbocycles. The molecular formula is C17H17ClN2O3. The number of rotatable bonds is 6. The Kier molecular flexibility index (Phi) is 5.69. The first-order valence-electron chi connectivity index (χ1n) is 6.92. The van der Waals surface area contributed by atoms with Crippen LogP contribution in [0, 0.1) is 11.3 Å². The van der Waals surface area contributed by atoms with Crippen molar-refractivity contribution < 1.29 is 14.6 Å². The molecule has 0 saturated carbocycles. The van der Waals surface area contributed by atoms with Gasteiger partial charge in [-0.25, -0.2) is 0 Å². The third-order valence-electron chi connectivity index (χ3n) is 3.35. The fourth-order valence-electron chi connectivity index (χ4n) is 2.11. The lowest BCUT2D eigenvalue weighted by atomic mass is 10.1. The Hall–Kier alpha value is -2.42. The van der Waals surface area contributed by atoms with E-state index in [2.05, 4.69) is 11.4 Å². The van der Waals surface area contributed by atoms with Gasteiger partial charge in [-0.15, -0.1) is 0 Å². The molecule has 5 nitrogen and oxygen atoms in total. The van der Waals surface area contributed by atoms with E-state index in [1.165, 1.54) is 0 Å². The molecule has 0 spiro atoms. The third-order valence-corrected chi connectivity index (χ3v) is 3.58. The van der Waals surface area contributed by atoms with Crippen LogP contribution in [0.1, 0.15) is 17.2 Å². The van der Waals surface area contributed by atoms with Crippen molar-refractivity contribution in [2.45, 2.75) is 6.10 Å². The zero-order valence-electron chi connectivity index (χ0n) is 12.8. The van der Waals surface area contributed by atoms with Crippen molar-refractivity contribution >= 4 is 17.3 Å². The fraction of sp³-hybridized carbons (Fsp3) is 0.235. The van der Waals surface area contributed by atoms with Crippen molar-refractivity contribution in [3.63, 3.8) is 0 Å². The van der Waals surface area contributed by atoms with Crippen LogP contribution in [-0.2, 0) is 0 Å². The predicted molar refractivity (Wildman–Crippen MR) is 89.2 cm³/mol. The van der Waals surface area contributed by atoms with Gasteiger partial charge in [-0.05, 0) is 35.9 Å². The van der Waals surface area contributed by atoms with Gasteiger partial charge in [-0.3, -0.25) is 0 Å². The first-order valence-corrected chi connectivity index (χ1v) is 7.29. The summed E-state index contributed by atoms with van der Waals surface area (Å²) in [7, 11) is 3.10. The fourth-order valence-corrected chi connectivity index (χ4v) is 2.28. The standard InChI is InChI=1S/C17H17ClN2O3/c1-22-14-5-12(6-15(8-14)23-2)17(21)10-20-16-7-13(18)4-3-11(16)9-19/h3-8,17,20-21H,10H2,1-2H3. The van der Waals surface area contributed by atoms with Crippen molar-refractivity contribution in [1.82, 2.24) is 0 Å². The lowest BCUT2D eigenvalue weighted by Gasteiger charge is -2.16. The SMILES string of the molecule is COc1cc(OC)cc(C(O)CNc2cc(Cl)ccc2C#N)c1. The van der Waals surface area contributed by atoms with Gasteiger partial charge in [0.05, 0.1) is 31.6 Å². The molecular weight excluding hydrogens is 316 g/mol. The molecule has 120 valence electrons. The number of nitrogens with zero attached hydrogens (tertiary/aromatic N) is 1. The second-order valence-electron chi connectivity index (χ2n) is 4.84. The van der Waals surface area contributed by atoms with Crippen LogP contribution in [0.4, 0.5) is 5.69 Å². The van der Waals surface area contributed by atoms with Crippen molar-refractivity contribution in [2.75, 3.05) is 26.1 Å². The zero-order valence-corrected chi connectivity index (χ0v) is 13.6. The van der Waals surface area contributed by atoms with Gasteiger partial charge in [0.25, 0.3) is 0 Å². The lowest BCUT2D eigenvalue weighted by Crippen LogP contribution is -2.13. The number of halogens is 1. The average molecular weight is 333 g/mol. The molecule has 0 radical (unpaired) electrons. The van der Waals surface area contributed by atoms with Crippen LogP contribution in [-0.4, -0.2) is 25.9 Å². The number of ether oxygens (including phenoxy) is 2. The third kappa shape index (κ3) is 4.28. The number of hydrogen-bond donors (Lipinski definition) is 2. The Bertz CT molecular complexity index is 706. The van der Waals surface area contributed by atoms with E-state index in [9.17, 15) is 5.11 Å². The van der Waals surface area contributed by atoms with E-state index < -0.39 is 6.10 Å². The summed E-state index contributed by atoms with van der Waals surface area (Å²) in [6, 6.07) is 12.2. The Morgan fingerprint density at radius 3 is 2.39 bits per heavy atom. The topological polar surface area (TPSA) is 74.5 Å². The van der Waals surface area contributed by atoms with E-state index in [-0.39, 0.29) is 6.54 Å². The molecule has 6 heteroatoms. The van der Waals surface area contributed by atoms with Crippen molar-refractivity contribution in [3.8, 4) is 17.6 Å². The summed E-state index contributed by atoms with van der Waals surface area (Å²) < 4.78 is 10.4. The molecule has 23 heavy (non-hydrogen) atoms. The second-order valence-corrected chi connectivity index (χ2v) is 5.28. The minimum Gasteiger partial charge on any atom is -0.497 e. The van der Waals surface area contributed by atoms with Gasteiger partial charge in [0, 0.05) is 17.6 Å². The molecule has 0 aliphatic heterocycles. The van der Waals surface area contributed by atoms with Crippen LogP contribution in [0.25, 0.3) is 0 Å². The van der Waals surface area contributed by atoms with Crippen molar-refractivity contribution in [3.05, 3.63) is 52.5 Å². The molecule has 0 saturated heterocycles. The first kappa shape index (κ1) is 16.9. The van der Waals surface area contributed by atoms with E-state index in [0.29, 0.717) is 33.3 Å². The second kappa shape index (κ2) is 7.73. The molecule has 2 aromatic rings. The van der Waals surface area contributed by atoms with Crippen LogP contribution in [0.15, 0.2) is 36.4 Å². The van der Waals surface area contributed by atoms with E-state index in [1.807, 2.05) is 0 Å². The molecule has 0 aromatic heterocycles. The van der Waals surface area contributed by atoms with Crippen molar-refractivity contribution in [2.24, 2.45) is 0 Å². The van der Waals surface area contributed by atoms with Crippen LogP contribution in [0.2, 0.25) is 5.02 Å². The summed E-state index contributed by atoms with van der Waals surface area (Å²) in [5.74, 6) is 1.19. The number of aliphatic hydroxyl groups is 1. The monoisotopic (exact) mass is 332 g/mol. The zero-order chi connectivity index (χ0) is 16.8. The number of nitriles is 1. The minimum atomic E-state index is -0.801. The molecule has 0 heterocycles. The normalized spacial score (nSPS) is 11.4. The largest absolute Gasteiger partial charge is 0.497 e. The summed E-state index contributed by atoms with van der Waals surface area (Å²) >= 11 is 5.94. The maximum absolute atomic E-state index is 10.4. The molecule has 0 bridgehead atoms. The Labute approximate surface area is 140 Å². The van der Waals surface area contributed by atoms with E-state index in [1.54, 1.807) is 50.6 Å². The van der Waals surface area contributed by atoms with Gasteiger partial charge in [0.1, 0.15) is 17.6 Å². The number of anilines is 1. The van der Waals surface area contributed by atoms with Gasteiger partial charge >= 0.3 is 0 Å². The molecule has 0 amide bonds. The smallest absolute Gasteiger partial charge is 0.122 e. The number of benzene rings is 2. The highest BCUT2D eigenvalue weighted by molar-refractivity contribution is 6.30. The van der Waals surface area contributed by atoms with Gasteiger partial charge in [-0.1, -0.05) is 11.6 Å². The van der Waals surface area contributed by atoms with Gasteiger partial charge in [0.15, 0.2) is 0 Å². The number of hydrogen-bond acceptors (Lipinski definition) is 5. The summed E-state index contributed by atoms with van der Waals surface area (Å²) in [5.41, 5.74) is 1.69. The van der Waals surface area contributed by atoms with Crippen molar-refractivity contribution in [1.29, 1.82) is 5.26 Å². The molecule has 0 fully saturated rings. The van der Waals surface area contributed by atoms with Crippen LogP contribution in [0.5, 0.6) is 11.5 Å². The molecule has 0 aliphatic rings. The first-order chi connectivity index (χ1) is 11.1. The highest BCUT2D eigenvalue weighted by Gasteiger charge is 2.12. The van der Waals surface area contributed by atoms with Gasteiger partial charge in [-0.2, -0.15) is 5.26 Å². The molecule has 2 rings (SSSR count). The van der Waals surface area contributed by atoms with E-state index >= 15 is 0 Å². The molecule has 1 unspecified atom stereocenters. The highest BCUT2D eigenvalue weighted by atomic mass is 35.5.